The maximum atomic E-state index is 4.24. The molecule has 0 bridgehead atoms. The molecule has 120 valence electrons. The Morgan fingerprint density at radius 3 is 2.67 bits per heavy atom. The second kappa shape index (κ2) is 11.1. The molecule has 0 saturated carbocycles. The minimum Gasteiger partial charge on any atom is -0.356 e. The van der Waals surface area contributed by atoms with Gasteiger partial charge in [0.1, 0.15) is 0 Å². The van der Waals surface area contributed by atoms with Gasteiger partial charge in [-0.3, -0.25) is 9.67 Å². The van der Waals surface area contributed by atoms with Crippen molar-refractivity contribution >= 4 is 5.96 Å². The molecule has 21 heavy (non-hydrogen) atoms. The number of rotatable bonds is 10. The van der Waals surface area contributed by atoms with Crippen LogP contribution in [0.4, 0.5) is 0 Å². The monoisotopic (exact) mass is 294 g/mol. The Kier molecular flexibility index (Phi) is 9.28. The minimum atomic E-state index is 0.878. The highest BCUT2D eigenvalue weighted by atomic mass is 15.3. The predicted octanol–water partition coefficient (Wildman–Crippen LogP) is 1.17. The molecule has 6 nitrogen and oxygen atoms in total. The van der Waals surface area contributed by atoms with E-state index in [4.69, 9.17) is 0 Å². The summed E-state index contributed by atoms with van der Waals surface area (Å²) in [5, 5.41) is 10.9. The third-order valence-electron chi connectivity index (χ3n) is 3.35. The largest absolute Gasteiger partial charge is 0.356 e. The molecule has 0 unspecified atom stereocenters. The molecule has 0 aromatic carbocycles. The van der Waals surface area contributed by atoms with Crippen LogP contribution in [0.3, 0.4) is 0 Å². The number of likely N-dealkylation sites (N-methyl/N-ethyl adjacent to an activating group) is 1. The first-order chi connectivity index (χ1) is 10.3. The van der Waals surface area contributed by atoms with E-state index in [9.17, 15) is 0 Å². The molecule has 0 fully saturated rings. The molecule has 1 aromatic rings. The molecule has 0 aliphatic carbocycles. The van der Waals surface area contributed by atoms with E-state index in [1.165, 1.54) is 6.42 Å². The highest BCUT2D eigenvalue weighted by molar-refractivity contribution is 5.79. The molecule has 1 heterocycles. The number of hydrogen-bond acceptors (Lipinski definition) is 3. The molecule has 0 atom stereocenters. The van der Waals surface area contributed by atoms with Crippen LogP contribution in [0.2, 0.25) is 0 Å². The van der Waals surface area contributed by atoms with Gasteiger partial charge >= 0.3 is 0 Å². The topological polar surface area (TPSA) is 57.5 Å². The molecule has 0 aliphatic heterocycles. The number of aliphatic imine (C=N–C) groups is 1. The fourth-order valence-electron chi connectivity index (χ4n) is 2.18. The van der Waals surface area contributed by atoms with Gasteiger partial charge in [-0.25, -0.2) is 0 Å². The Morgan fingerprint density at radius 1 is 1.24 bits per heavy atom. The van der Waals surface area contributed by atoms with Crippen molar-refractivity contribution in [3.63, 3.8) is 0 Å². The third kappa shape index (κ3) is 7.70. The lowest BCUT2D eigenvalue weighted by Gasteiger charge is -2.20. The maximum Gasteiger partial charge on any atom is 0.191 e. The summed E-state index contributed by atoms with van der Waals surface area (Å²) in [5.41, 5.74) is 0. The first-order valence-corrected chi connectivity index (χ1v) is 7.94. The summed E-state index contributed by atoms with van der Waals surface area (Å²) in [6.45, 7) is 10.5. The number of aromatic nitrogens is 2. The van der Waals surface area contributed by atoms with E-state index >= 15 is 0 Å². The Hall–Kier alpha value is -1.56. The van der Waals surface area contributed by atoms with Crippen molar-refractivity contribution in [3.05, 3.63) is 18.5 Å². The van der Waals surface area contributed by atoms with Crippen LogP contribution in [0.15, 0.2) is 23.5 Å². The summed E-state index contributed by atoms with van der Waals surface area (Å²) >= 11 is 0. The molecule has 2 N–H and O–H groups in total. The van der Waals surface area contributed by atoms with E-state index in [1.807, 2.05) is 30.2 Å². The zero-order valence-corrected chi connectivity index (χ0v) is 13.7. The van der Waals surface area contributed by atoms with Crippen molar-refractivity contribution in [2.45, 2.75) is 33.2 Å². The second-order valence-electron chi connectivity index (χ2n) is 4.98. The van der Waals surface area contributed by atoms with Crippen molar-refractivity contribution in [3.8, 4) is 0 Å². The van der Waals surface area contributed by atoms with Gasteiger partial charge in [-0.1, -0.05) is 13.8 Å². The SMILES string of the molecule is CCCN(CC)CCNC(=NC)NCCCn1cccn1. The molecule has 0 spiro atoms. The van der Waals surface area contributed by atoms with Crippen molar-refractivity contribution < 1.29 is 0 Å². The molecule has 1 rings (SSSR count). The predicted molar refractivity (Wildman–Crippen MR) is 88.6 cm³/mol. The van der Waals surface area contributed by atoms with Gasteiger partial charge in [0, 0.05) is 45.6 Å². The Labute approximate surface area is 128 Å². The van der Waals surface area contributed by atoms with Gasteiger partial charge in [-0.15, -0.1) is 0 Å². The fourth-order valence-corrected chi connectivity index (χ4v) is 2.18. The molecule has 0 aliphatic rings. The summed E-state index contributed by atoms with van der Waals surface area (Å²) in [4.78, 5) is 6.69. The van der Waals surface area contributed by atoms with Crippen molar-refractivity contribution in [2.75, 3.05) is 39.8 Å². The van der Waals surface area contributed by atoms with Gasteiger partial charge in [-0.2, -0.15) is 5.10 Å². The number of nitrogens with one attached hydrogen (secondary N) is 2. The van der Waals surface area contributed by atoms with E-state index in [-0.39, 0.29) is 0 Å². The lowest BCUT2D eigenvalue weighted by molar-refractivity contribution is 0.293. The van der Waals surface area contributed by atoms with Gasteiger partial charge in [-0.05, 0) is 32.0 Å². The molecule has 0 saturated heterocycles. The first kappa shape index (κ1) is 17.5. The molecule has 0 radical (unpaired) electrons. The van der Waals surface area contributed by atoms with Crippen LogP contribution in [0.25, 0.3) is 0 Å². The van der Waals surface area contributed by atoms with E-state index < -0.39 is 0 Å². The second-order valence-corrected chi connectivity index (χ2v) is 4.98. The van der Waals surface area contributed by atoms with Crippen LogP contribution < -0.4 is 10.6 Å². The van der Waals surface area contributed by atoms with Crippen LogP contribution in [0.5, 0.6) is 0 Å². The average Bonchev–Trinajstić information content (AvgIpc) is 3.01. The standard InChI is InChI=1S/C15H30N6/c1-4-11-20(5-2)14-10-18-15(16-3)17-8-6-12-21-13-7-9-19-21/h7,9,13H,4-6,8,10-12,14H2,1-3H3,(H2,16,17,18). The van der Waals surface area contributed by atoms with Gasteiger partial charge in [0.05, 0.1) is 0 Å². The summed E-state index contributed by atoms with van der Waals surface area (Å²) in [6.07, 6.45) is 6.03. The van der Waals surface area contributed by atoms with Crippen LogP contribution in [-0.4, -0.2) is 60.4 Å². The van der Waals surface area contributed by atoms with Gasteiger partial charge < -0.3 is 15.5 Å². The minimum absolute atomic E-state index is 0.878. The van der Waals surface area contributed by atoms with Crippen LogP contribution >= 0.6 is 0 Å². The summed E-state index contributed by atoms with van der Waals surface area (Å²) < 4.78 is 1.95. The van der Waals surface area contributed by atoms with Crippen molar-refractivity contribution in [2.24, 2.45) is 4.99 Å². The Balaban J connectivity index is 2.11. The fraction of sp³-hybridized carbons (Fsp3) is 0.733. The Bertz CT molecular complexity index is 374. The number of aryl methyl sites for hydroxylation is 1. The van der Waals surface area contributed by atoms with Crippen LogP contribution in [-0.2, 0) is 6.54 Å². The molecular formula is C15H30N6. The van der Waals surface area contributed by atoms with E-state index in [0.717, 1.165) is 51.6 Å². The van der Waals surface area contributed by atoms with Gasteiger partial charge in [0.2, 0.25) is 0 Å². The van der Waals surface area contributed by atoms with Gasteiger partial charge in [0.15, 0.2) is 5.96 Å². The van der Waals surface area contributed by atoms with Crippen LogP contribution in [0.1, 0.15) is 26.7 Å². The van der Waals surface area contributed by atoms with Crippen molar-refractivity contribution in [1.29, 1.82) is 0 Å². The van der Waals surface area contributed by atoms with Crippen LogP contribution in [0, 0.1) is 0 Å². The van der Waals surface area contributed by atoms with Gasteiger partial charge in [0.25, 0.3) is 0 Å². The third-order valence-corrected chi connectivity index (χ3v) is 3.35. The number of nitrogens with zero attached hydrogens (tertiary/aromatic N) is 4. The number of hydrogen-bond donors (Lipinski definition) is 2. The number of guanidine groups is 1. The highest BCUT2D eigenvalue weighted by Gasteiger charge is 2.01. The first-order valence-electron chi connectivity index (χ1n) is 7.94. The summed E-state index contributed by atoms with van der Waals surface area (Å²) in [5.74, 6) is 0.878. The molecular weight excluding hydrogens is 264 g/mol. The quantitative estimate of drug-likeness (QED) is 0.386. The van der Waals surface area contributed by atoms with E-state index in [1.54, 1.807) is 0 Å². The highest BCUT2D eigenvalue weighted by Crippen LogP contribution is 1.90. The maximum absolute atomic E-state index is 4.24. The Morgan fingerprint density at radius 2 is 2.05 bits per heavy atom. The zero-order valence-electron chi connectivity index (χ0n) is 13.7. The van der Waals surface area contributed by atoms with Crippen molar-refractivity contribution in [1.82, 2.24) is 25.3 Å². The zero-order chi connectivity index (χ0) is 15.3. The average molecular weight is 294 g/mol. The lowest BCUT2D eigenvalue weighted by Crippen LogP contribution is -2.42. The summed E-state index contributed by atoms with van der Waals surface area (Å²) in [6, 6.07) is 1.95. The smallest absolute Gasteiger partial charge is 0.191 e. The normalized spacial score (nSPS) is 11.9. The van der Waals surface area contributed by atoms with E-state index in [0.29, 0.717) is 0 Å². The summed E-state index contributed by atoms with van der Waals surface area (Å²) in [7, 11) is 1.81. The van der Waals surface area contributed by atoms with E-state index in [2.05, 4.69) is 39.5 Å². The molecule has 0 amide bonds. The lowest BCUT2D eigenvalue weighted by atomic mass is 10.4. The molecule has 1 aromatic heterocycles. The molecule has 6 heteroatoms.